The number of nitrogens with zero attached hydrogens (tertiary/aromatic N) is 1. The predicted octanol–water partition coefficient (Wildman–Crippen LogP) is 5.09. The number of aromatic hydroxyl groups is 1. The molecule has 0 amide bonds. The standard InChI is InChI=1S/C19H16N2O2S2/c1-10(2)11-3-5-12(6-4-11)21-18(23)16-14-8-7-13(22)9-15(14)25-17(16)20-19(21)24/h3-10,22H,1-2H3,(H,20,24). The first-order valence-corrected chi connectivity index (χ1v) is 9.19. The molecule has 0 fully saturated rings. The quantitative estimate of drug-likeness (QED) is 0.484. The van der Waals surface area contributed by atoms with Crippen LogP contribution in [0.15, 0.2) is 47.3 Å². The number of aromatic amines is 1. The summed E-state index contributed by atoms with van der Waals surface area (Å²) in [5.41, 5.74) is 1.81. The van der Waals surface area contributed by atoms with Crippen molar-refractivity contribution in [2.24, 2.45) is 0 Å². The van der Waals surface area contributed by atoms with Crippen LogP contribution < -0.4 is 5.56 Å². The van der Waals surface area contributed by atoms with E-state index in [1.165, 1.54) is 21.5 Å². The van der Waals surface area contributed by atoms with Crippen LogP contribution in [0.25, 0.3) is 26.0 Å². The van der Waals surface area contributed by atoms with Crippen LogP contribution in [0.1, 0.15) is 25.3 Å². The summed E-state index contributed by atoms with van der Waals surface area (Å²) in [5, 5.41) is 11.1. The van der Waals surface area contributed by atoms with Gasteiger partial charge in [-0.1, -0.05) is 26.0 Å². The number of rotatable bonds is 2. The number of fused-ring (bicyclic) bond motifs is 3. The van der Waals surface area contributed by atoms with E-state index >= 15 is 0 Å². The van der Waals surface area contributed by atoms with Crippen molar-refractivity contribution in [3.63, 3.8) is 0 Å². The highest BCUT2D eigenvalue weighted by Crippen LogP contribution is 2.33. The second-order valence-corrected chi connectivity index (χ2v) is 7.74. The minimum Gasteiger partial charge on any atom is -0.508 e. The molecule has 0 radical (unpaired) electrons. The van der Waals surface area contributed by atoms with Gasteiger partial charge < -0.3 is 10.1 Å². The van der Waals surface area contributed by atoms with Crippen LogP contribution in [0, 0.1) is 4.77 Å². The van der Waals surface area contributed by atoms with Crippen molar-refractivity contribution in [1.29, 1.82) is 0 Å². The van der Waals surface area contributed by atoms with Crippen LogP contribution in [-0.4, -0.2) is 14.7 Å². The number of aromatic nitrogens is 2. The molecule has 4 nitrogen and oxygen atoms in total. The minimum atomic E-state index is -0.145. The van der Waals surface area contributed by atoms with Crippen LogP contribution in [0.3, 0.4) is 0 Å². The third-order valence-corrected chi connectivity index (χ3v) is 5.68. The molecule has 6 heteroatoms. The first-order valence-electron chi connectivity index (χ1n) is 7.96. The highest BCUT2D eigenvalue weighted by Gasteiger charge is 2.14. The molecular weight excluding hydrogens is 352 g/mol. The van der Waals surface area contributed by atoms with E-state index in [1.54, 1.807) is 18.2 Å². The summed E-state index contributed by atoms with van der Waals surface area (Å²) in [6.45, 7) is 4.26. The van der Waals surface area contributed by atoms with E-state index in [-0.39, 0.29) is 11.3 Å². The molecule has 2 heterocycles. The van der Waals surface area contributed by atoms with E-state index in [9.17, 15) is 9.90 Å². The van der Waals surface area contributed by atoms with Gasteiger partial charge in [-0.25, -0.2) is 0 Å². The molecule has 126 valence electrons. The van der Waals surface area contributed by atoms with E-state index < -0.39 is 0 Å². The maximum absolute atomic E-state index is 13.1. The Labute approximate surface area is 153 Å². The van der Waals surface area contributed by atoms with Gasteiger partial charge in [-0.05, 0) is 54.0 Å². The number of phenols is 1. The van der Waals surface area contributed by atoms with Crippen LogP contribution >= 0.6 is 23.6 Å². The summed E-state index contributed by atoms with van der Waals surface area (Å²) in [6, 6.07) is 12.9. The maximum Gasteiger partial charge on any atom is 0.268 e. The second-order valence-electron chi connectivity index (χ2n) is 6.30. The Kier molecular flexibility index (Phi) is 3.74. The lowest BCUT2D eigenvalue weighted by atomic mass is 10.0. The Bertz CT molecular complexity index is 1210. The molecule has 0 saturated heterocycles. The van der Waals surface area contributed by atoms with E-state index in [4.69, 9.17) is 12.2 Å². The third kappa shape index (κ3) is 2.58. The summed E-state index contributed by atoms with van der Waals surface area (Å²) in [5.74, 6) is 0.610. The third-order valence-electron chi connectivity index (χ3n) is 4.33. The van der Waals surface area contributed by atoms with Gasteiger partial charge in [0.25, 0.3) is 5.56 Å². The summed E-state index contributed by atoms with van der Waals surface area (Å²) in [7, 11) is 0. The minimum absolute atomic E-state index is 0.145. The summed E-state index contributed by atoms with van der Waals surface area (Å²) in [6.07, 6.45) is 0. The number of H-pyrrole nitrogens is 1. The molecule has 0 aliphatic heterocycles. The lowest BCUT2D eigenvalue weighted by Gasteiger charge is -2.09. The fourth-order valence-corrected chi connectivity index (χ4v) is 4.47. The van der Waals surface area contributed by atoms with Crippen molar-refractivity contribution in [3.05, 3.63) is 63.2 Å². The largest absolute Gasteiger partial charge is 0.508 e. The van der Waals surface area contributed by atoms with Gasteiger partial charge in [-0.15, -0.1) is 11.3 Å². The first-order chi connectivity index (χ1) is 12.0. The molecule has 2 N–H and O–H groups in total. The molecule has 25 heavy (non-hydrogen) atoms. The number of phenolic OH excluding ortho intramolecular Hbond substituents is 1. The van der Waals surface area contributed by atoms with Gasteiger partial charge in [0.2, 0.25) is 0 Å². The summed E-state index contributed by atoms with van der Waals surface area (Å²) >= 11 is 6.85. The van der Waals surface area contributed by atoms with Crippen LogP contribution in [0.4, 0.5) is 0 Å². The number of thiophene rings is 1. The average molecular weight is 368 g/mol. The Balaban J connectivity index is 2.03. The van der Waals surface area contributed by atoms with Crippen molar-refractivity contribution in [1.82, 2.24) is 9.55 Å². The fourth-order valence-electron chi connectivity index (χ4n) is 2.99. The lowest BCUT2D eigenvalue weighted by molar-refractivity contribution is 0.476. The molecule has 4 rings (SSSR count). The van der Waals surface area contributed by atoms with Gasteiger partial charge in [0, 0.05) is 10.1 Å². The molecule has 2 aromatic carbocycles. The second kappa shape index (κ2) is 5.82. The first kappa shape index (κ1) is 16.1. The van der Waals surface area contributed by atoms with Crippen molar-refractivity contribution in [2.75, 3.05) is 0 Å². The topological polar surface area (TPSA) is 58.0 Å². The number of hydrogen-bond donors (Lipinski definition) is 2. The Morgan fingerprint density at radius 3 is 2.56 bits per heavy atom. The van der Waals surface area contributed by atoms with Crippen molar-refractivity contribution < 1.29 is 5.11 Å². The molecule has 0 aliphatic rings. The zero-order valence-corrected chi connectivity index (χ0v) is 15.4. The average Bonchev–Trinajstić information content (AvgIpc) is 2.92. The molecule has 0 bridgehead atoms. The molecule has 0 spiro atoms. The smallest absolute Gasteiger partial charge is 0.268 e. The molecule has 0 unspecified atom stereocenters. The van der Waals surface area contributed by atoms with Gasteiger partial charge >= 0.3 is 0 Å². The fraction of sp³-hybridized carbons (Fsp3) is 0.158. The molecule has 0 saturated carbocycles. The molecule has 0 atom stereocenters. The highest BCUT2D eigenvalue weighted by molar-refractivity contribution is 7.71. The van der Waals surface area contributed by atoms with Gasteiger partial charge in [0.15, 0.2) is 4.77 Å². The summed E-state index contributed by atoms with van der Waals surface area (Å²) < 4.78 is 2.75. The van der Waals surface area contributed by atoms with E-state index in [0.29, 0.717) is 16.1 Å². The van der Waals surface area contributed by atoms with Crippen LogP contribution in [0.5, 0.6) is 5.75 Å². The summed E-state index contributed by atoms with van der Waals surface area (Å²) in [4.78, 5) is 17.0. The van der Waals surface area contributed by atoms with Crippen LogP contribution in [-0.2, 0) is 0 Å². The SMILES string of the molecule is CC(C)c1ccc(-n2c(=S)[nH]c3sc4cc(O)ccc4c3c2=O)cc1. The van der Waals surface area contributed by atoms with E-state index in [2.05, 4.69) is 18.8 Å². The van der Waals surface area contributed by atoms with Crippen molar-refractivity contribution in [2.45, 2.75) is 19.8 Å². The number of benzene rings is 2. The van der Waals surface area contributed by atoms with Gasteiger partial charge in [-0.3, -0.25) is 9.36 Å². The van der Waals surface area contributed by atoms with E-state index in [1.807, 2.05) is 24.3 Å². The maximum atomic E-state index is 13.1. The Hall–Kier alpha value is -2.44. The van der Waals surface area contributed by atoms with Crippen LogP contribution in [0.2, 0.25) is 0 Å². The van der Waals surface area contributed by atoms with Gasteiger partial charge in [-0.2, -0.15) is 0 Å². The monoisotopic (exact) mass is 368 g/mol. The highest BCUT2D eigenvalue weighted by atomic mass is 32.1. The Morgan fingerprint density at radius 2 is 1.88 bits per heavy atom. The van der Waals surface area contributed by atoms with Gasteiger partial charge in [0.1, 0.15) is 10.6 Å². The number of nitrogens with one attached hydrogen (secondary N) is 1. The number of hydrogen-bond acceptors (Lipinski definition) is 4. The normalized spacial score (nSPS) is 11.6. The Morgan fingerprint density at radius 1 is 1.16 bits per heavy atom. The van der Waals surface area contributed by atoms with Gasteiger partial charge in [0.05, 0.1) is 11.1 Å². The molecule has 2 aromatic heterocycles. The zero-order valence-electron chi connectivity index (χ0n) is 13.7. The van der Waals surface area contributed by atoms with E-state index in [0.717, 1.165) is 20.6 Å². The van der Waals surface area contributed by atoms with Crippen molar-refractivity contribution >= 4 is 43.9 Å². The molecule has 4 aromatic rings. The predicted molar refractivity (Wildman–Crippen MR) is 106 cm³/mol. The zero-order chi connectivity index (χ0) is 17.7. The molecular formula is C19H16N2O2S2. The molecule has 0 aliphatic carbocycles. The lowest BCUT2D eigenvalue weighted by Crippen LogP contribution is -2.19. The van der Waals surface area contributed by atoms with Crippen molar-refractivity contribution in [3.8, 4) is 11.4 Å².